The lowest BCUT2D eigenvalue weighted by Crippen LogP contribution is -2.31. The summed E-state index contributed by atoms with van der Waals surface area (Å²) in [6.45, 7) is 0. The Kier molecular flexibility index (Phi) is 10.3. The average molecular weight is 803 g/mol. The second-order valence-electron chi connectivity index (χ2n) is 11.1. The lowest BCUT2D eigenvalue weighted by atomic mass is 10.1. The van der Waals surface area contributed by atoms with Crippen molar-refractivity contribution >= 4 is 102 Å². The number of aliphatic carboxylic acids is 2. The highest BCUT2D eigenvalue weighted by atomic mass is 32.2. The zero-order valence-corrected chi connectivity index (χ0v) is 29.3. The Labute approximate surface area is 314 Å². The van der Waals surface area contributed by atoms with E-state index in [1.165, 1.54) is 48.8 Å². The molecule has 4 aromatic rings. The van der Waals surface area contributed by atoms with Crippen molar-refractivity contribution in [1.82, 2.24) is 9.97 Å². The number of benzene rings is 2. The summed E-state index contributed by atoms with van der Waals surface area (Å²) in [5, 5.41) is 35.7. The Morgan fingerprint density at radius 3 is 1.34 bits per heavy atom. The number of carboxylic acid groups (broad SMARTS) is 2. The maximum atomic E-state index is 12.9. The predicted octanol–water partition coefficient (Wildman–Crippen LogP) is 1.65. The van der Waals surface area contributed by atoms with Gasteiger partial charge in [-0.15, -0.1) is 0 Å². The molecule has 2 aliphatic rings. The molecule has 2 aromatic carbocycles. The van der Waals surface area contributed by atoms with Gasteiger partial charge in [-0.25, -0.2) is 19.6 Å². The summed E-state index contributed by atoms with van der Waals surface area (Å²) >= 11 is 0. The third-order valence-electron chi connectivity index (χ3n) is 7.40. The molecule has 0 aliphatic carbocycles. The number of aromatic nitrogens is 2. The van der Waals surface area contributed by atoms with Crippen LogP contribution in [0.1, 0.15) is 11.1 Å². The molecule has 2 aliphatic heterocycles. The standard InChI is InChI=1S/C32H22N10O12S2/c43-29-25(27(31(45)46)39-41(29)23-5-1-3-13-33-23)37-35-19-11-9-17(21(15-19)55(49,50)51)7-8-18-10-12-20(16-22(18)56(52,53)54)36-38-26-28(32(47)48)40-42(30(26)44)24-6-2-4-14-34-24/h1-16,35-36H,(H,45,46)(H,47,48)(H,49,50,51)(H,52,53,54). The van der Waals surface area contributed by atoms with Crippen molar-refractivity contribution in [2.45, 2.75) is 9.79 Å². The Balaban J connectivity index is 1.26. The third kappa shape index (κ3) is 8.01. The van der Waals surface area contributed by atoms with E-state index in [9.17, 15) is 55.3 Å². The third-order valence-corrected chi connectivity index (χ3v) is 9.21. The largest absolute Gasteiger partial charge is 0.476 e. The predicted molar refractivity (Wildman–Crippen MR) is 197 cm³/mol. The van der Waals surface area contributed by atoms with Gasteiger partial charge >= 0.3 is 23.8 Å². The molecular weight excluding hydrogens is 781 g/mol. The van der Waals surface area contributed by atoms with Crippen molar-refractivity contribution in [2.24, 2.45) is 20.4 Å². The SMILES string of the molecule is O=C(O)C1=NN(c2ccccn2)C(=O)C1=NNc1ccc(C=Cc2ccc(NN=C3C(=O)N(c4ccccn4)N=C3C(=O)O)cc2S(=O)(=O)O)c(S(=O)(=O)O)c1. The number of nitrogens with one attached hydrogen (secondary N) is 2. The van der Waals surface area contributed by atoms with E-state index in [2.05, 4.69) is 41.2 Å². The molecule has 6 N–H and O–H groups in total. The quantitative estimate of drug-likeness (QED) is 0.0674. The van der Waals surface area contributed by atoms with E-state index < -0.39 is 76.6 Å². The molecule has 284 valence electrons. The number of amides is 2. The first-order valence-corrected chi connectivity index (χ1v) is 18.1. The number of hydrogen-bond donors (Lipinski definition) is 6. The van der Waals surface area contributed by atoms with Crippen LogP contribution in [0, 0.1) is 0 Å². The molecule has 24 heteroatoms. The molecule has 22 nitrogen and oxygen atoms in total. The monoisotopic (exact) mass is 802 g/mol. The Hall–Kier alpha value is -7.54. The molecule has 0 fully saturated rings. The Bertz CT molecular complexity index is 2520. The first-order valence-electron chi connectivity index (χ1n) is 15.3. The zero-order chi connectivity index (χ0) is 40.4. The van der Waals surface area contributed by atoms with E-state index >= 15 is 0 Å². The van der Waals surface area contributed by atoms with Crippen LogP contribution in [0.5, 0.6) is 0 Å². The first-order chi connectivity index (χ1) is 26.5. The second-order valence-corrected chi connectivity index (χ2v) is 13.8. The zero-order valence-electron chi connectivity index (χ0n) is 27.7. The van der Waals surface area contributed by atoms with Crippen LogP contribution in [-0.4, -0.2) is 92.7 Å². The lowest BCUT2D eigenvalue weighted by molar-refractivity contribution is -0.130. The maximum absolute atomic E-state index is 12.9. The topological polar surface area (TPSA) is 323 Å². The minimum atomic E-state index is -4.99. The van der Waals surface area contributed by atoms with Gasteiger partial charge in [0.2, 0.25) is 11.4 Å². The van der Waals surface area contributed by atoms with Gasteiger partial charge in [-0.2, -0.15) is 47.3 Å². The van der Waals surface area contributed by atoms with Gasteiger partial charge in [0.1, 0.15) is 9.79 Å². The molecule has 0 atom stereocenters. The van der Waals surface area contributed by atoms with Crippen molar-refractivity contribution in [3.05, 3.63) is 96.3 Å². The van der Waals surface area contributed by atoms with Gasteiger partial charge in [0, 0.05) is 12.4 Å². The average Bonchev–Trinajstić information content (AvgIpc) is 3.68. The van der Waals surface area contributed by atoms with Crippen LogP contribution in [0.15, 0.2) is 115 Å². The molecular formula is C32H22N10O12S2. The van der Waals surface area contributed by atoms with E-state index in [4.69, 9.17) is 0 Å². The molecule has 2 aromatic heterocycles. The minimum absolute atomic E-state index is 0.00160. The summed E-state index contributed by atoms with van der Waals surface area (Å²) < 4.78 is 69.5. The van der Waals surface area contributed by atoms with Crippen molar-refractivity contribution in [2.75, 3.05) is 20.9 Å². The number of anilines is 4. The number of carbonyl (C=O) groups is 4. The van der Waals surface area contributed by atoms with E-state index in [0.717, 1.165) is 36.4 Å². The van der Waals surface area contributed by atoms with Gasteiger partial charge in [0.05, 0.1) is 11.4 Å². The molecule has 6 rings (SSSR count). The number of hydrogen-bond acceptors (Lipinski definition) is 16. The van der Waals surface area contributed by atoms with Crippen molar-refractivity contribution in [3.63, 3.8) is 0 Å². The van der Waals surface area contributed by atoms with E-state index in [-0.39, 0.29) is 34.1 Å². The Morgan fingerprint density at radius 1 is 0.625 bits per heavy atom. The summed E-state index contributed by atoms with van der Waals surface area (Å²) in [5.41, 5.74) is 1.21. The van der Waals surface area contributed by atoms with Crippen LogP contribution in [-0.2, 0) is 39.4 Å². The van der Waals surface area contributed by atoms with E-state index in [1.807, 2.05) is 0 Å². The number of nitrogens with zero attached hydrogens (tertiary/aromatic N) is 8. The van der Waals surface area contributed by atoms with Crippen LogP contribution in [0.4, 0.5) is 23.0 Å². The Morgan fingerprint density at radius 2 is 1.02 bits per heavy atom. The van der Waals surface area contributed by atoms with Crippen LogP contribution >= 0.6 is 0 Å². The summed E-state index contributed by atoms with van der Waals surface area (Å²) in [5.74, 6) is -5.13. The van der Waals surface area contributed by atoms with Gasteiger partial charge in [0.15, 0.2) is 23.1 Å². The summed E-state index contributed by atoms with van der Waals surface area (Å²) in [6.07, 6.45) is 4.85. The van der Waals surface area contributed by atoms with Gasteiger partial charge in [0.25, 0.3) is 20.2 Å². The molecule has 2 amide bonds. The second kappa shape index (κ2) is 15.1. The highest BCUT2D eigenvalue weighted by Gasteiger charge is 2.39. The lowest BCUT2D eigenvalue weighted by Gasteiger charge is -2.10. The number of pyridine rings is 2. The molecule has 0 saturated heterocycles. The molecule has 0 spiro atoms. The van der Waals surface area contributed by atoms with Gasteiger partial charge in [-0.3, -0.25) is 29.5 Å². The van der Waals surface area contributed by atoms with Crippen molar-refractivity contribution in [1.29, 1.82) is 0 Å². The minimum Gasteiger partial charge on any atom is -0.476 e. The normalized spacial score (nSPS) is 16.1. The number of hydrazone groups is 4. The molecule has 0 unspecified atom stereocenters. The molecule has 0 radical (unpaired) electrons. The fourth-order valence-electron chi connectivity index (χ4n) is 4.90. The van der Waals surface area contributed by atoms with Crippen LogP contribution in [0.3, 0.4) is 0 Å². The number of carboxylic acids is 2. The van der Waals surface area contributed by atoms with Gasteiger partial charge in [-0.05, 0) is 59.7 Å². The van der Waals surface area contributed by atoms with Gasteiger partial charge < -0.3 is 10.2 Å². The van der Waals surface area contributed by atoms with E-state index in [0.29, 0.717) is 10.0 Å². The summed E-state index contributed by atoms with van der Waals surface area (Å²) in [7, 11) is -9.99. The number of carbonyl (C=O) groups excluding carboxylic acids is 2. The maximum Gasteiger partial charge on any atom is 0.358 e. The highest BCUT2D eigenvalue weighted by Crippen LogP contribution is 2.27. The molecule has 4 heterocycles. The van der Waals surface area contributed by atoms with Crippen molar-refractivity contribution in [3.8, 4) is 0 Å². The fourth-order valence-corrected chi connectivity index (χ4v) is 6.32. The summed E-state index contributed by atoms with van der Waals surface area (Å²) in [4.78, 5) is 55.9. The fraction of sp³-hybridized carbons (Fsp3) is 0. The first kappa shape index (κ1) is 38.2. The van der Waals surface area contributed by atoms with Crippen LogP contribution < -0.4 is 20.9 Å². The molecule has 0 bridgehead atoms. The van der Waals surface area contributed by atoms with Crippen molar-refractivity contribution < 1.29 is 55.3 Å². The highest BCUT2D eigenvalue weighted by molar-refractivity contribution is 7.86. The van der Waals surface area contributed by atoms with E-state index in [1.54, 1.807) is 12.1 Å². The van der Waals surface area contributed by atoms with Crippen LogP contribution in [0.25, 0.3) is 12.2 Å². The smallest absolute Gasteiger partial charge is 0.358 e. The van der Waals surface area contributed by atoms with Crippen LogP contribution in [0.2, 0.25) is 0 Å². The van der Waals surface area contributed by atoms with Gasteiger partial charge in [-0.1, -0.05) is 36.4 Å². The summed E-state index contributed by atoms with van der Waals surface area (Å²) in [6, 6.07) is 15.5. The number of rotatable bonds is 12. The molecule has 56 heavy (non-hydrogen) atoms. The molecule has 0 saturated carbocycles.